The highest BCUT2D eigenvalue weighted by atomic mass is 16.6. The number of benzene rings is 1. The molecule has 1 rings (SSSR count). The molecule has 0 spiro atoms. The van der Waals surface area contributed by atoms with Crippen LogP contribution < -0.4 is 10.1 Å². The monoisotopic (exact) mass is 282 g/mol. The quantitative estimate of drug-likeness (QED) is 0.462. The molecule has 0 aliphatic carbocycles. The van der Waals surface area contributed by atoms with Crippen LogP contribution in [0.15, 0.2) is 18.2 Å². The molecule has 0 aromatic heterocycles. The molecule has 0 fully saturated rings. The van der Waals surface area contributed by atoms with Gasteiger partial charge in [-0.15, -0.1) is 0 Å². The number of hydrogen-bond donors (Lipinski definition) is 1. The first kappa shape index (κ1) is 15.9. The Morgan fingerprint density at radius 1 is 1.50 bits per heavy atom. The number of nitro groups is 1. The standard InChI is InChI=1S/C13H18N2O5/c1-4-14-11(13(16)19-3)8-20-12-7-10(15(17)18)6-5-9(12)2/h5-7,11,14H,4,8H2,1-3H3. The minimum atomic E-state index is -0.608. The molecule has 110 valence electrons. The molecule has 0 heterocycles. The normalized spacial score (nSPS) is 11.8. The Morgan fingerprint density at radius 2 is 2.20 bits per heavy atom. The van der Waals surface area contributed by atoms with Crippen molar-refractivity contribution in [2.24, 2.45) is 0 Å². The van der Waals surface area contributed by atoms with E-state index in [0.29, 0.717) is 12.3 Å². The van der Waals surface area contributed by atoms with E-state index in [2.05, 4.69) is 10.1 Å². The summed E-state index contributed by atoms with van der Waals surface area (Å²) in [6.45, 7) is 4.26. The van der Waals surface area contributed by atoms with E-state index in [9.17, 15) is 14.9 Å². The van der Waals surface area contributed by atoms with Gasteiger partial charge in [-0.05, 0) is 25.1 Å². The third kappa shape index (κ3) is 4.20. The molecular formula is C13H18N2O5. The Kier molecular flexibility index (Phi) is 5.92. The second-order valence-electron chi connectivity index (χ2n) is 4.15. The lowest BCUT2D eigenvalue weighted by Crippen LogP contribution is -2.42. The number of carbonyl (C=O) groups excluding carboxylic acids is 1. The maximum Gasteiger partial charge on any atom is 0.326 e. The van der Waals surface area contributed by atoms with Gasteiger partial charge in [0.25, 0.3) is 5.69 Å². The van der Waals surface area contributed by atoms with Crippen molar-refractivity contribution in [3.8, 4) is 5.75 Å². The minimum absolute atomic E-state index is 0.0442. The number of nitrogens with zero attached hydrogens (tertiary/aromatic N) is 1. The zero-order chi connectivity index (χ0) is 15.1. The first-order chi connectivity index (χ1) is 9.49. The molecule has 0 radical (unpaired) electrons. The number of ether oxygens (including phenoxy) is 2. The second-order valence-corrected chi connectivity index (χ2v) is 4.15. The number of esters is 1. The number of likely N-dealkylation sites (N-methyl/N-ethyl adjacent to an activating group) is 1. The number of nitro benzene ring substituents is 1. The molecule has 0 bridgehead atoms. The number of nitrogens with one attached hydrogen (secondary N) is 1. The van der Waals surface area contributed by atoms with E-state index >= 15 is 0 Å². The highest BCUT2D eigenvalue weighted by Crippen LogP contribution is 2.24. The third-order valence-corrected chi connectivity index (χ3v) is 2.72. The fourth-order valence-electron chi connectivity index (χ4n) is 1.63. The van der Waals surface area contributed by atoms with Crippen molar-refractivity contribution in [1.82, 2.24) is 5.32 Å². The van der Waals surface area contributed by atoms with Gasteiger partial charge in [0.2, 0.25) is 0 Å². The highest BCUT2D eigenvalue weighted by molar-refractivity contribution is 5.75. The van der Waals surface area contributed by atoms with E-state index in [1.165, 1.54) is 19.2 Å². The molecular weight excluding hydrogens is 264 g/mol. The zero-order valence-electron chi connectivity index (χ0n) is 11.7. The van der Waals surface area contributed by atoms with Crippen molar-refractivity contribution in [3.05, 3.63) is 33.9 Å². The molecule has 1 unspecified atom stereocenters. The molecule has 0 saturated carbocycles. The van der Waals surface area contributed by atoms with Crippen molar-refractivity contribution in [1.29, 1.82) is 0 Å². The van der Waals surface area contributed by atoms with E-state index in [1.54, 1.807) is 13.0 Å². The molecule has 7 nitrogen and oxygen atoms in total. The third-order valence-electron chi connectivity index (χ3n) is 2.72. The van der Waals surface area contributed by atoms with Gasteiger partial charge in [0.05, 0.1) is 18.1 Å². The molecule has 0 aliphatic heterocycles. The summed E-state index contributed by atoms with van der Waals surface area (Å²) in [6.07, 6.45) is 0. The zero-order valence-corrected chi connectivity index (χ0v) is 11.7. The Hall–Kier alpha value is -2.15. The molecule has 0 aliphatic rings. The van der Waals surface area contributed by atoms with E-state index in [0.717, 1.165) is 5.56 Å². The highest BCUT2D eigenvalue weighted by Gasteiger charge is 2.19. The van der Waals surface area contributed by atoms with Crippen LogP contribution in [0.1, 0.15) is 12.5 Å². The maximum absolute atomic E-state index is 11.5. The fourth-order valence-corrected chi connectivity index (χ4v) is 1.63. The number of non-ortho nitro benzene ring substituents is 1. The van der Waals surface area contributed by atoms with E-state index in [-0.39, 0.29) is 12.3 Å². The maximum atomic E-state index is 11.5. The summed E-state index contributed by atoms with van der Waals surface area (Å²) in [4.78, 5) is 21.7. The van der Waals surface area contributed by atoms with Crippen molar-refractivity contribution >= 4 is 11.7 Å². The number of methoxy groups -OCH3 is 1. The molecule has 20 heavy (non-hydrogen) atoms. The lowest BCUT2D eigenvalue weighted by molar-refractivity contribution is -0.384. The van der Waals surface area contributed by atoms with Gasteiger partial charge >= 0.3 is 5.97 Å². The first-order valence-corrected chi connectivity index (χ1v) is 6.18. The SMILES string of the molecule is CCNC(COc1cc([N+](=O)[O-])ccc1C)C(=O)OC. The van der Waals surface area contributed by atoms with Crippen LogP contribution in [0, 0.1) is 17.0 Å². The summed E-state index contributed by atoms with van der Waals surface area (Å²) in [6, 6.07) is 3.75. The van der Waals surface area contributed by atoms with Crippen LogP contribution in [0.2, 0.25) is 0 Å². The summed E-state index contributed by atoms with van der Waals surface area (Å²) in [5.74, 6) is -0.0547. The van der Waals surface area contributed by atoms with Gasteiger partial charge in [-0.25, -0.2) is 0 Å². The average Bonchev–Trinajstić information content (AvgIpc) is 2.43. The second kappa shape index (κ2) is 7.44. The summed E-state index contributed by atoms with van der Waals surface area (Å²) in [5.41, 5.74) is 0.708. The molecule has 1 atom stereocenters. The van der Waals surface area contributed by atoms with Crippen molar-refractivity contribution in [2.75, 3.05) is 20.3 Å². The van der Waals surface area contributed by atoms with Gasteiger partial charge < -0.3 is 14.8 Å². The lowest BCUT2D eigenvalue weighted by Gasteiger charge is -2.17. The average molecular weight is 282 g/mol. The molecule has 0 saturated heterocycles. The van der Waals surface area contributed by atoms with Crippen LogP contribution in [0.4, 0.5) is 5.69 Å². The summed E-state index contributed by atoms with van der Waals surface area (Å²) in [7, 11) is 1.30. The Labute approximate surface area is 117 Å². The van der Waals surface area contributed by atoms with Gasteiger partial charge in [0, 0.05) is 6.07 Å². The van der Waals surface area contributed by atoms with Crippen molar-refractivity contribution in [3.63, 3.8) is 0 Å². The van der Waals surface area contributed by atoms with Crippen molar-refractivity contribution in [2.45, 2.75) is 19.9 Å². The predicted octanol–water partition coefficient (Wildman–Crippen LogP) is 1.43. The molecule has 1 aromatic carbocycles. The molecule has 1 N–H and O–H groups in total. The van der Waals surface area contributed by atoms with E-state index in [4.69, 9.17) is 4.74 Å². The Bertz CT molecular complexity index is 490. The summed E-state index contributed by atoms with van der Waals surface area (Å²) in [5, 5.41) is 13.7. The number of hydrogen-bond acceptors (Lipinski definition) is 6. The largest absolute Gasteiger partial charge is 0.491 e. The van der Waals surface area contributed by atoms with E-state index < -0.39 is 16.9 Å². The summed E-state index contributed by atoms with van der Waals surface area (Å²) < 4.78 is 10.2. The molecule has 7 heteroatoms. The van der Waals surface area contributed by atoms with Crippen LogP contribution in [-0.4, -0.2) is 37.2 Å². The smallest absolute Gasteiger partial charge is 0.326 e. The predicted molar refractivity (Wildman–Crippen MR) is 72.8 cm³/mol. The molecule has 1 aromatic rings. The number of rotatable bonds is 7. The van der Waals surface area contributed by atoms with Crippen LogP contribution in [0.5, 0.6) is 5.75 Å². The lowest BCUT2D eigenvalue weighted by atomic mass is 10.2. The summed E-state index contributed by atoms with van der Waals surface area (Å²) >= 11 is 0. The van der Waals surface area contributed by atoms with Crippen LogP contribution in [0.3, 0.4) is 0 Å². The topological polar surface area (TPSA) is 90.7 Å². The fraction of sp³-hybridized carbons (Fsp3) is 0.462. The Balaban J connectivity index is 2.79. The minimum Gasteiger partial charge on any atom is -0.491 e. The van der Waals surface area contributed by atoms with Crippen molar-refractivity contribution < 1.29 is 19.2 Å². The van der Waals surface area contributed by atoms with Gasteiger partial charge in [0.1, 0.15) is 18.4 Å². The van der Waals surface area contributed by atoms with Crippen LogP contribution in [0.25, 0.3) is 0 Å². The van der Waals surface area contributed by atoms with Crippen LogP contribution in [-0.2, 0) is 9.53 Å². The molecule has 0 amide bonds. The van der Waals surface area contributed by atoms with Gasteiger partial charge in [-0.2, -0.15) is 0 Å². The first-order valence-electron chi connectivity index (χ1n) is 6.18. The Morgan fingerprint density at radius 3 is 2.75 bits per heavy atom. The van der Waals surface area contributed by atoms with Gasteiger partial charge in [-0.1, -0.05) is 6.92 Å². The number of aryl methyl sites for hydroxylation is 1. The van der Waals surface area contributed by atoms with Crippen LogP contribution >= 0.6 is 0 Å². The van der Waals surface area contributed by atoms with Gasteiger partial charge in [-0.3, -0.25) is 14.9 Å². The van der Waals surface area contributed by atoms with E-state index in [1.807, 2.05) is 6.92 Å². The van der Waals surface area contributed by atoms with Gasteiger partial charge in [0.15, 0.2) is 0 Å². The number of carbonyl (C=O) groups is 1.